The van der Waals surface area contributed by atoms with E-state index in [0.29, 0.717) is 19.4 Å². The SMILES string of the molecule is CN(C)CCCNC(=O)NC1(C(=O)O)CCCCC1. The van der Waals surface area contributed by atoms with E-state index in [4.69, 9.17) is 0 Å². The van der Waals surface area contributed by atoms with E-state index in [1.807, 2.05) is 19.0 Å². The Kier molecular flexibility index (Phi) is 6.08. The summed E-state index contributed by atoms with van der Waals surface area (Å²) >= 11 is 0. The quantitative estimate of drug-likeness (QED) is 0.630. The van der Waals surface area contributed by atoms with Crippen LogP contribution < -0.4 is 10.6 Å². The smallest absolute Gasteiger partial charge is 0.329 e. The van der Waals surface area contributed by atoms with Gasteiger partial charge in [0.25, 0.3) is 0 Å². The van der Waals surface area contributed by atoms with Gasteiger partial charge in [0.05, 0.1) is 0 Å². The first-order valence-corrected chi connectivity index (χ1v) is 6.90. The largest absolute Gasteiger partial charge is 0.480 e. The van der Waals surface area contributed by atoms with Gasteiger partial charge >= 0.3 is 12.0 Å². The molecule has 1 aliphatic rings. The molecule has 0 saturated heterocycles. The lowest BCUT2D eigenvalue weighted by Gasteiger charge is -2.33. The molecule has 1 rings (SSSR count). The van der Waals surface area contributed by atoms with Crippen LogP contribution in [0.4, 0.5) is 4.79 Å². The number of nitrogens with one attached hydrogen (secondary N) is 2. The van der Waals surface area contributed by atoms with Gasteiger partial charge in [-0.3, -0.25) is 0 Å². The summed E-state index contributed by atoms with van der Waals surface area (Å²) in [6.07, 6.45) is 4.64. The van der Waals surface area contributed by atoms with E-state index in [-0.39, 0.29) is 6.03 Å². The van der Waals surface area contributed by atoms with Gasteiger partial charge in [0.15, 0.2) is 0 Å². The molecule has 1 saturated carbocycles. The molecule has 1 fully saturated rings. The number of rotatable bonds is 6. The molecule has 1 aliphatic carbocycles. The Labute approximate surface area is 114 Å². The number of amides is 2. The van der Waals surface area contributed by atoms with E-state index >= 15 is 0 Å². The number of carbonyl (C=O) groups excluding carboxylic acids is 1. The van der Waals surface area contributed by atoms with Crippen molar-refractivity contribution in [2.24, 2.45) is 0 Å². The second-order valence-corrected chi connectivity index (χ2v) is 5.49. The number of urea groups is 1. The maximum atomic E-state index is 11.8. The Hall–Kier alpha value is -1.30. The normalized spacial score (nSPS) is 18.1. The number of hydrogen-bond donors (Lipinski definition) is 3. The zero-order chi connectivity index (χ0) is 14.3. The summed E-state index contributed by atoms with van der Waals surface area (Å²) in [6.45, 7) is 1.45. The first-order valence-electron chi connectivity index (χ1n) is 6.90. The summed E-state index contributed by atoms with van der Waals surface area (Å²) in [4.78, 5) is 25.2. The van der Waals surface area contributed by atoms with Crippen molar-refractivity contribution in [3.05, 3.63) is 0 Å². The summed E-state index contributed by atoms with van der Waals surface area (Å²) < 4.78 is 0. The van der Waals surface area contributed by atoms with Crippen LogP contribution in [0.5, 0.6) is 0 Å². The van der Waals surface area contributed by atoms with Gasteiger partial charge in [-0.15, -0.1) is 0 Å². The van der Waals surface area contributed by atoms with Crippen LogP contribution in [0.25, 0.3) is 0 Å². The highest BCUT2D eigenvalue weighted by molar-refractivity contribution is 5.86. The van der Waals surface area contributed by atoms with Crippen molar-refractivity contribution in [3.63, 3.8) is 0 Å². The molecule has 0 aromatic rings. The van der Waals surface area contributed by atoms with Crippen LogP contribution in [0.2, 0.25) is 0 Å². The van der Waals surface area contributed by atoms with E-state index in [1.54, 1.807) is 0 Å². The Balaban J connectivity index is 2.37. The molecule has 0 spiro atoms. The zero-order valence-electron chi connectivity index (χ0n) is 11.9. The third kappa shape index (κ3) is 5.06. The van der Waals surface area contributed by atoms with Crippen molar-refractivity contribution in [3.8, 4) is 0 Å². The van der Waals surface area contributed by atoms with Gasteiger partial charge < -0.3 is 20.6 Å². The van der Waals surface area contributed by atoms with Gasteiger partial charge in [0.1, 0.15) is 5.54 Å². The molecule has 19 heavy (non-hydrogen) atoms. The molecular weight excluding hydrogens is 246 g/mol. The highest BCUT2D eigenvalue weighted by Crippen LogP contribution is 2.28. The molecule has 0 aromatic carbocycles. The number of nitrogens with zero attached hydrogens (tertiary/aromatic N) is 1. The van der Waals surface area contributed by atoms with Gasteiger partial charge in [0.2, 0.25) is 0 Å². The predicted molar refractivity (Wildman–Crippen MR) is 73.2 cm³/mol. The van der Waals surface area contributed by atoms with Gasteiger partial charge in [-0.05, 0) is 39.9 Å². The average Bonchev–Trinajstić information content (AvgIpc) is 2.35. The lowest BCUT2D eigenvalue weighted by atomic mass is 9.82. The van der Waals surface area contributed by atoms with Crippen molar-refractivity contribution in [1.29, 1.82) is 0 Å². The minimum absolute atomic E-state index is 0.372. The van der Waals surface area contributed by atoms with E-state index in [0.717, 1.165) is 32.2 Å². The van der Waals surface area contributed by atoms with Crippen LogP contribution in [0.15, 0.2) is 0 Å². The molecule has 6 heteroatoms. The van der Waals surface area contributed by atoms with E-state index < -0.39 is 11.5 Å². The molecule has 3 N–H and O–H groups in total. The van der Waals surface area contributed by atoms with Crippen molar-refractivity contribution in [1.82, 2.24) is 15.5 Å². The summed E-state index contributed by atoms with van der Waals surface area (Å²) in [5.74, 6) is -0.921. The monoisotopic (exact) mass is 271 g/mol. The second kappa shape index (κ2) is 7.33. The van der Waals surface area contributed by atoms with Crippen LogP contribution in [0.1, 0.15) is 38.5 Å². The number of carbonyl (C=O) groups is 2. The summed E-state index contributed by atoms with van der Waals surface area (Å²) in [7, 11) is 3.95. The summed E-state index contributed by atoms with van der Waals surface area (Å²) in [5, 5.41) is 14.7. The standard InChI is InChI=1S/C13H25N3O3/c1-16(2)10-6-9-14-12(19)15-13(11(17)18)7-4-3-5-8-13/h3-10H2,1-2H3,(H,17,18)(H2,14,15,19). The predicted octanol–water partition coefficient (Wildman–Crippen LogP) is 1.02. The maximum Gasteiger partial charge on any atom is 0.329 e. The lowest BCUT2D eigenvalue weighted by Crippen LogP contribution is -2.58. The molecule has 6 nitrogen and oxygen atoms in total. The van der Waals surface area contributed by atoms with Crippen LogP contribution in [0.3, 0.4) is 0 Å². The Morgan fingerprint density at radius 1 is 1.21 bits per heavy atom. The fourth-order valence-electron chi connectivity index (χ4n) is 2.41. The first kappa shape index (κ1) is 15.8. The van der Waals surface area contributed by atoms with Gasteiger partial charge in [-0.25, -0.2) is 9.59 Å². The number of carboxylic acid groups (broad SMARTS) is 1. The van der Waals surface area contributed by atoms with Crippen molar-refractivity contribution in [2.75, 3.05) is 27.2 Å². The van der Waals surface area contributed by atoms with Crippen molar-refractivity contribution >= 4 is 12.0 Å². The molecule has 2 amide bonds. The van der Waals surface area contributed by atoms with Crippen molar-refractivity contribution < 1.29 is 14.7 Å². The van der Waals surface area contributed by atoms with Crippen molar-refractivity contribution in [2.45, 2.75) is 44.1 Å². The molecule has 0 atom stereocenters. The second-order valence-electron chi connectivity index (χ2n) is 5.49. The molecule has 0 aliphatic heterocycles. The number of carboxylic acids is 1. The zero-order valence-corrected chi connectivity index (χ0v) is 11.9. The fraction of sp³-hybridized carbons (Fsp3) is 0.846. The minimum atomic E-state index is -1.07. The van der Waals surface area contributed by atoms with Crippen LogP contribution in [0, 0.1) is 0 Å². The third-order valence-corrected chi connectivity index (χ3v) is 3.54. The lowest BCUT2D eigenvalue weighted by molar-refractivity contribution is -0.145. The summed E-state index contributed by atoms with van der Waals surface area (Å²) in [6, 6.07) is -0.372. The molecule has 0 unspecified atom stereocenters. The van der Waals surface area contributed by atoms with Crippen LogP contribution in [-0.2, 0) is 4.79 Å². The number of aliphatic carboxylic acids is 1. The molecule has 0 aromatic heterocycles. The van der Waals surface area contributed by atoms with Crippen LogP contribution in [-0.4, -0.2) is 54.7 Å². The molecule has 0 heterocycles. The highest BCUT2D eigenvalue weighted by Gasteiger charge is 2.40. The molecule has 0 radical (unpaired) electrons. The Morgan fingerprint density at radius 3 is 2.37 bits per heavy atom. The Bertz CT molecular complexity index is 312. The first-order chi connectivity index (χ1) is 8.96. The summed E-state index contributed by atoms with van der Waals surface area (Å²) in [5.41, 5.74) is -1.07. The van der Waals surface area contributed by atoms with Gasteiger partial charge in [0, 0.05) is 6.54 Å². The molecule has 0 bridgehead atoms. The minimum Gasteiger partial charge on any atom is -0.480 e. The fourth-order valence-corrected chi connectivity index (χ4v) is 2.41. The molecular formula is C13H25N3O3. The topological polar surface area (TPSA) is 81.7 Å². The van der Waals surface area contributed by atoms with Gasteiger partial charge in [-0.2, -0.15) is 0 Å². The third-order valence-electron chi connectivity index (χ3n) is 3.54. The van der Waals surface area contributed by atoms with Gasteiger partial charge in [-0.1, -0.05) is 19.3 Å². The number of hydrogen-bond acceptors (Lipinski definition) is 3. The average molecular weight is 271 g/mol. The van der Waals surface area contributed by atoms with E-state index in [2.05, 4.69) is 10.6 Å². The van der Waals surface area contributed by atoms with E-state index in [1.165, 1.54) is 0 Å². The van der Waals surface area contributed by atoms with Crippen LogP contribution >= 0.6 is 0 Å². The molecule has 110 valence electrons. The Morgan fingerprint density at radius 2 is 1.84 bits per heavy atom. The maximum absolute atomic E-state index is 11.8. The van der Waals surface area contributed by atoms with E-state index in [9.17, 15) is 14.7 Å². The highest BCUT2D eigenvalue weighted by atomic mass is 16.4.